The maximum atomic E-state index is 12.4. The van der Waals surface area contributed by atoms with Gasteiger partial charge in [-0.25, -0.2) is 0 Å². The van der Waals surface area contributed by atoms with E-state index < -0.39 is 11.7 Å². The first-order valence-electron chi connectivity index (χ1n) is 7.15. The van der Waals surface area contributed by atoms with Crippen molar-refractivity contribution in [2.45, 2.75) is 13.8 Å². The van der Waals surface area contributed by atoms with E-state index >= 15 is 0 Å². The molecule has 1 amide bonds. The third-order valence-electron chi connectivity index (χ3n) is 3.72. The number of hydrogen-bond acceptors (Lipinski definition) is 2. The van der Waals surface area contributed by atoms with Gasteiger partial charge in [0, 0.05) is 27.8 Å². The van der Waals surface area contributed by atoms with Gasteiger partial charge in [-0.3, -0.25) is 9.59 Å². The Hall–Kier alpha value is -2.59. The number of aromatic nitrogens is 1. The van der Waals surface area contributed by atoms with Crippen LogP contribution in [-0.4, -0.2) is 16.7 Å². The summed E-state index contributed by atoms with van der Waals surface area (Å²) in [6.45, 7) is 3.86. The molecule has 5 heteroatoms. The second-order valence-electron chi connectivity index (χ2n) is 5.49. The Balaban J connectivity index is 1.89. The highest BCUT2D eigenvalue weighted by molar-refractivity contribution is 6.48. The number of rotatable bonds is 3. The highest BCUT2D eigenvalue weighted by atomic mass is 35.5. The number of aryl methyl sites for hydroxylation is 2. The van der Waals surface area contributed by atoms with Crippen LogP contribution in [0.15, 0.2) is 42.6 Å². The van der Waals surface area contributed by atoms with E-state index in [1.165, 1.54) is 6.20 Å². The van der Waals surface area contributed by atoms with E-state index in [2.05, 4.69) is 10.3 Å². The van der Waals surface area contributed by atoms with Crippen LogP contribution >= 0.6 is 11.6 Å². The Kier molecular flexibility index (Phi) is 3.92. The monoisotopic (exact) mass is 326 g/mol. The normalized spacial score (nSPS) is 10.7. The lowest BCUT2D eigenvalue weighted by atomic mass is 10.1. The first kappa shape index (κ1) is 15.3. The number of aromatic amines is 1. The number of anilines is 1. The van der Waals surface area contributed by atoms with Crippen LogP contribution in [0, 0.1) is 13.8 Å². The van der Waals surface area contributed by atoms with Crippen LogP contribution in [0.1, 0.15) is 21.5 Å². The largest absolute Gasteiger partial charge is 0.360 e. The highest BCUT2D eigenvalue weighted by Gasteiger charge is 2.20. The second-order valence-corrected chi connectivity index (χ2v) is 5.93. The number of ketones is 1. The van der Waals surface area contributed by atoms with E-state index in [9.17, 15) is 9.59 Å². The van der Waals surface area contributed by atoms with Gasteiger partial charge >= 0.3 is 0 Å². The van der Waals surface area contributed by atoms with Crippen LogP contribution in [0.5, 0.6) is 0 Å². The summed E-state index contributed by atoms with van der Waals surface area (Å²) in [7, 11) is 0. The summed E-state index contributed by atoms with van der Waals surface area (Å²) in [6, 6.07) is 10.8. The molecule has 0 aliphatic rings. The Morgan fingerprint density at radius 3 is 2.61 bits per heavy atom. The van der Waals surface area contributed by atoms with Crippen molar-refractivity contribution in [3.05, 3.63) is 64.3 Å². The molecule has 0 saturated carbocycles. The minimum Gasteiger partial charge on any atom is -0.360 e. The van der Waals surface area contributed by atoms with Gasteiger partial charge in [0.2, 0.25) is 0 Å². The number of carbonyl (C=O) groups is 2. The maximum Gasteiger partial charge on any atom is 0.296 e. The van der Waals surface area contributed by atoms with Crippen LogP contribution in [0.2, 0.25) is 5.02 Å². The minimum absolute atomic E-state index is 0.310. The van der Waals surface area contributed by atoms with Crippen LogP contribution < -0.4 is 5.32 Å². The number of halogens is 1. The van der Waals surface area contributed by atoms with Crippen molar-refractivity contribution in [3.63, 3.8) is 0 Å². The summed E-state index contributed by atoms with van der Waals surface area (Å²) in [5.41, 5.74) is 3.71. The van der Waals surface area contributed by atoms with Crippen molar-refractivity contribution in [3.8, 4) is 0 Å². The number of carbonyl (C=O) groups excluding carboxylic acids is 2. The first-order valence-corrected chi connectivity index (χ1v) is 7.53. The molecule has 0 aliphatic carbocycles. The van der Waals surface area contributed by atoms with Gasteiger partial charge in [0.05, 0.1) is 5.56 Å². The van der Waals surface area contributed by atoms with Gasteiger partial charge in [-0.1, -0.05) is 29.3 Å². The molecule has 0 bridgehead atoms. The zero-order valence-electron chi connectivity index (χ0n) is 12.7. The lowest BCUT2D eigenvalue weighted by Gasteiger charge is -2.08. The highest BCUT2D eigenvalue weighted by Crippen LogP contribution is 2.23. The van der Waals surface area contributed by atoms with Crippen molar-refractivity contribution in [2.24, 2.45) is 0 Å². The molecule has 0 unspecified atom stereocenters. The van der Waals surface area contributed by atoms with Crippen molar-refractivity contribution in [2.75, 3.05) is 5.32 Å². The number of fused-ring (bicyclic) bond motifs is 1. The second kappa shape index (κ2) is 5.89. The number of nitrogens with one attached hydrogen (secondary N) is 2. The molecule has 0 aliphatic heterocycles. The van der Waals surface area contributed by atoms with Crippen LogP contribution in [0.25, 0.3) is 10.9 Å². The topological polar surface area (TPSA) is 62.0 Å². The van der Waals surface area contributed by atoms with E-state index in [-0.39, 0.29) is 0 Å². The van der Waals surface area contributed by atoms with Crippen LogP contribution in [-0.2, 0) is 4.79 Å². The standard InChI is InChI=1S/C18H15ClN2O2/c1-10-3-5-15(11(2)7-10)21-18(23)17(22)14-9-20-16-6-4-12(19)8-13(14)16/h3-9,20H,1-2H3,(H,21,23). The summed E-state index contributed by atoms with van der Waals surface area (Å²) in [5, 5.41) is 3.82. The molecule has 2 aromatic carbocycles. The fourth-order valence-corrected chi connectivity index (χ4v) is 2.71. The number of hydrogen-bond donors (Lipinski definition) is 2. The number of amides is 1. The summed E-state index contributed by atoms with van der Waals surface area (Å²) in [5.74, 6) is -1.27. The number of H-pyrrole nitrogens is 1. The summed E-state index contributed by atoms with van der Waals surface area (Å²) >= 11 is 5.97. The predicted molar refractivity (Wildman–Crippen MR) is 92.2 cm³/mol. The molecule has 0 fully saturated rings. The van der Waals surface area contributed by atoms with Gasteiger partial charge in [-0.15, -0.1) is 0 Å². The van der Waals surface area contributed by atoms with E-state index in [1.54, 1.807) is 24.3 Å². The lowest BCUT2D eigenvalue weighted by molar-refractivity contribution is -0.112. The van der Waals surface area contributed by atoms with E-state index in [0.29, 0.717) is 21.7 Å². The van der Waals surface area contributed by atoms with Crippen molar-refractivity contribution in [1.82, 2.24) is 4.98 Å². The molecule has 4 nitrogen and oxygen atoms in total. The quantitative estimate of drug-likeness (QED) is 0.558. The van der Waals surface area contributed by atoms with Gasteiger partial charge in [-0.05, 0) is 43.7 Å². The number of benzene rings is 2. The molecule has 0 atom stereocenters. The van der Waals surface area contributed by atoms with Crippen LogP contribution in [0.3, 0.4) is 0 Å². The lowest BCUT2D eigenvalue weighted by Crippen LogP contribution is -2.23. The molecule has 0 spiro atoms. The molecule has 1 aromatic heterocycles. The van der Waals surface area contributed by atoms with Gasteiger partial charge < -0.3 is 10.3 Å². The Morgan fingerprint density at radius 1 is 1.09 bits per heavy atom. The van der Waals surface area contributed by atoms with Crippen molar-refractivity contribution < 1.29 is 9.59 Å². The predicted octanol–water partition coefficient (Wildman–Crippen LogP) is 4.26. The molecule has 3 rings (SSSR count). The summed E-state index contributed by atoms with van der Waals surface area (Å²) in [6.07, 6.45) is 1.53. The fourth-order valence-electron chi connectivity index (χ4n) is 2.54. The zero-order chi connectivity index (χ0) is 16.6. The van der Waals surface area contributed by atoms with Gasteiger partial charge in [0.15, 0.2) is 0 Å². The molecular weight excluding hydrogens is 312 g/mol. The fraction of sp³-hybridized carbons (Fsp3) is 0.111. The first-order chi connectivity index (χ1) is 11.0. The van der Waals surface area contributed by atoms with Gasteiger partial charge in [0.1, 0.15) is 0 Å². The Labute approximate surface area is 138 Å². The third kappa shape index (κ3) is 2.98. The third-order valence-corrected chi connectivity index (χ3v) is 3.96. The molecule has 2 N–H and O–H groups in total. The molecule has 3 aromatic rings. The Morgan fingerprint density at radius 2 is 1.87 bits per heavy atom. The zero-order valence-corrected chi connectivity index (χ0v) is 13.5. The summed E-state index contributed by atoms with van der Waals surface area (Å²) < 4.78 is 0. The maximum absolute atomic E-state index is 12.4. The van der Waals surface area contributed by atoms with Crippen LogP contribution in [0.4, 0.5) is 5.69 Å². The van der Waals surface area contributed by atoms with Gasteiger partial charge in [0.25, 0.3) is 11.7 Å². The van der Waals surface area contributed by atoms with E-state index in [0.717, 1.165) is 16.6 Å². The molecule has 0 radical (unpaired) electrons. The van der Waals surface area contributed by atoms with E-state index in [4.69, 9.17) is 11.6 Å². The molecular formula is C18H15ClN2O2. The average molecular weight is 327 g/mol. The van der Waals surface area contributed by atoms with Crippen molar-refractivity contribution in [1.29, 1.82) is 0 Å². The van der Waals surface area contributed by atoms with Gasteiger partial charge in [-0.2, -0.15) is 0 Å². The molecule has 0 saturated heterocycles. The number of Topliss-reactive ketones (excluding diaryl/α,β-unsaturated/α-hetero) is 1. The SMILES string of the molecule is Cc1ccc(NC(=O)C(=O)c2c[nH]c3ccc(Cl)cc23)c(C)c1. The Bertz CT molecular complexity index is 928. The van der Waals surface area contributed by atoms with E-state index in [1.807, 2.05) is 26.0 Å². The average Bonchev–Trinajstić information content (AvgIpc) is 2.92. The molecule has 1 heterocycles. The molecule has 116 valence electrons. The smallest absolute Gasteiger partial charge is 0.296 e. The minimum atomic E-state index is -0.669. The summed E-state index contributed by atoms with van der Waals surface area (Å²) in [4.78, 5) is 27.7. The van der Waals surface area contributed by atoms with Crippen molar-refractivity contribution >= 4 is 39.9 Å². The molecule has 23 heavy (non-hydrogen) atoms.